The molecule has 7 heterocycles. The number of fused-ring (bicyclic) bond motifs is 2. The van der Waals surface area contributed by atoms with Crippen LogP contribution in [-0.2, 0) is 0 Å². The van der Waals surface area contributed by atoms with Crippen molar-refractivity contribution in [1.29, 1.82) is 0 Å². The first-order valence-corrected chi connectivity index (χ1v) is 19.9. The van der Waals surface area contributed by atoms with Crippen LogP contribution >= 0.6 is 67.9 Å². The summed E-state index contributed by atoms with van der Waals surface area (Å²) in [5.41, 5.74) is 15.2. The molecule has 0 radical (unpaired) electrons. The maximum absolute atomic E-state index is 18.2. The Morgan fingerprint density at radius 3 is 1.86 bits per heavy atom. The van der Waals surface area contributed by atoms with Crippen molar-refractivity contribution in [3.8, 4) is 10.4 Å². The molecule has 252 valence electrons. The fourth-order valence-corrected chi connectivity index (χ4v) is 10.5. The van der Waals surface area contributed by atoms with E-state index in [2.05, 4.69) is 55.1 Å². The van der Waals surface area contributed by atoms with E-state index in [1.165, 1.54) is 8.96 Å². The number of benzene rings is 1. The molecule has 0 bridgehead atoms. The van der Waals surface area contributed by atoms with Crippen molar-refractivity contribution < 1.29 is 13.1 Å². The third-order valence-corrected chi connectivity index (χ3v) is 13.0. The highest BCUT2D eigenvalue weighted by atomic mass is 127. The van der Waals surface area contributed by atoms with Gasteiger partial charge in [0.05, 0.1) is 16.9 Å². The number of pyridine rings is 2. The van der Waals surface area contributed by atoms with Crippen LogP contribution in [0.1, 0.15) is 45.4 Å². The number of thiophene rings is 2. The van der Waals surface area contributed by atoms with Crippen LogP contribution in [0.5, 0.6) is 0 Å². The van der Waals surface area contributed by atoms with Crippen molar-refractivity contribution in [2.24, 2.45) is 0 Å². The predicted molar refractivity (Wildman–Crippen MR) is 227 cm³/mol. The zero-order chi connectivity index (χ0) is 35.4. The molecule has 0 fully saturated rings. The normalized spacial score (nSPS) is 15.5. The third kappa shape index (κ3) is 5.99. The molecule has 2 N–H and O–H groups in total. The molecule has 0 spiro atoms. The van der Waals surface area contributed by atoms with Crippen molar-refractivity contribution >= 4 is 116 Å². The SMILES string of the molecule is CC1=C(c2ccc(I)s2)C(/C=C/c2ccncc2)=[N+]2C1=C(c1ccc(N)cc1)c1c(C)c(-c3ccc(I)s3)c(/C=C/c3ccncc3)n1[B-]2(F)F. The standard InChI is InChI=1S/C39H28BF2I2N5S2/c1-23-35(31-11-13-33(43)50-31)29(9-3-25-15-19-46-20-16-25)48-38(23)37(27-5-7-28(45)8-6-27)39-24(2)36(32-12-14-34(44)51-32)30(49(39)40(48,41)42)10-4-26-17-21-47-22-18-26/h3-22H,45H2,1-2H3/b9-3+,10-4+. The van der Waals surface area contributed by atoms with Gasteiger partial charge in [-0.15, -0.1) is 22.7 Å². The van der Waals surface area contributed by atoms with Gasteiger partial charge in [0.25, 0.3) is 0 Å². The van der Waals surface area contributed by atoms with Crippen LogP contribution in [0.4, 0.5) is 14.3 Å². The van der Waals surface area contributed by atoms with E-state index in [-0.39, 0.29) is 0 Å². The van der Waals surface area contributed by atoms with Crippen LogP contribution in [0.15, 0.2) is 115 Å². The van der Waals surface area contributed by atoms with E-state index < -0.39 is 6.97 Å². The molecule has 12 heteroatoms. The number of rotatable bonds is 7. The van der Waals surface area contributed by atoms with Gasteiger partial charge in [-0.1, -0.05) is 18.2 Å². The average Bonchev–Trinajstić information content (AvgIpc) is 3.89. The maximum Gasteiger partial charge on any atom is 0.737 e. The van der Waals surface area contributed by atoms with Gasteiger partial charge >= 0.3 is 6.97 Å². The summed E-state index contributed by atoms with van der Waals surface area (Å²) in [7, 11) is 0. The van der Waals surface area contributed by atoms with Gasteiger partial charge in [-0.25, -0.2) is 0 Å². The number of hydrogen-bond donors (Lipinski definition) is 1. The quantitative estimate of drug-likeness (QED) is 0.0986. The van der Waals surface area contributed by atoms with Crippen molar-refractivity contribution in [3.63, 3.8) is 0 Å². The fraction of sp³-hybridized carbons (Fsp3) is 0.0513. The lowest BCUT2D eigenvalue weighted by atomic mass is 9.83. The topological polar surface area (TPSA) is 59.7 Å². The van der Waals surface area contributed by atoms with Crippen LogP contribution in [0.25, 0.3) is 39.8 Å². The number of nitrogens with two attached hydrogens (primary N) is 1. The first-order chi connectivity index (χ1) is 24.6. The Labute approximate surface area is 329 Å². The Morgan fingerprint density at radius 1 is 0.725 bits per heavy atom. The smallest absolute Gasteiger partial charge is 0.399 e. The van der Waals surface area contributed by atoms with Crippen molar-refractivity contribution in [3.05, 3.63) is 159 Å². The van der Waals surface area contributed by atoms with E-state index in [1.54, 1.807) is 47.5 Å². The fourth-order valence-electron chi connectivity index (χ4n) is 7.02. The van der Waals surface area contributed by atoms with E-state index in [9.17, 15) is 0 Å². The number of nitrogens with zero attached hydrogens (tertiary/aromatic N) is 4. The van der Waals surface area contributed by atoms with Gasteiger partial charge in [-0.05, 0) is 154 Å². The maximum atomic E-state index is 18.2. The largest absolute Gasteiger partial charge is 0.737 e. The molecule has 0 unspecified atom stereocenters. The lowest BCUT2D eigenvalue weighted by Gasteiger charge is -2.34. The molecule has 0 saturated carbocycles. The van der Waals surface area contributed by atoms with Gasteiger partial charge in [0.15, 0.2) is 11.4 Å². The molecule has 0 amide bonds. The molecular formula is C39H28BF2I2N5S2. The Morgan fingerprint density at radius 2 is 1.29 bits per heavy atom. The monoisotopic (exact) mass is 933 g/mol. The Kier molecular flexibility index (Phi) is 9.05. The van der Waals surface area contributed by atoms with E-state index in [0.717, 1.165) is 60.1 Å². The molecule has 0 aliphatic carbocycles. The van der Waals surface area contributed by atoms with Gasteiger partial charge in [0.1, 0.15) is 0 Å². The van der Waals surface area contributed by atoms with Gasteiger partial charge in [0.2, 0.25) is 0 Å². The lowest BCUT2D eigenvalue weighted by Crippen LogP contribution is -2.51. The zero-order valence-electron chi connectivity index (χ0n) is 27.3. The van der Waals surface area contributed by atoms with E-state index >= 15 is 8.63 Å². The zero-order valence-corrected chi connectivity index (χ0v) is 33.3. The average molecular weight is 933 g/mol. The van der Waals surface area contributed by atoms with Gasteiger partial charge < -0.3 is 23.3 Å². The summed E-state index contributed by atoms with van der Waals surface area (Å²) in [5.74, 6) is 0. The summed E-state index contributed by atoms with van der Waals surface area (Å²) < 4.78 is 41.2. The minimum Gasteiger partial charge on any atom is -0.399 e. The molecule has 8 rings (SSSR count). The highest BCUT2D eigenvalue weighted by Gasteiger charge is 2.58. The number of nitrogen functional groups attached to an aromatic ring is 1. The minimum atomic E-state index is -4.45. The second-order valence-electron chi connectivity index (χ2n) is 12.2. The van der Waals surface area contributed by atoms with Crippen molar-refractivity contribution in [2.75, 3.05) is 5.73 Å². The van der Waals surface area contributed by atoms with Gasteiger partial charge in [0, 0.05) is 68.8 Å². The van der Waals surface area contributed by atoms with E-state index in [0.29, 0.717) is 28.5 Å². The van der Waals surface area contributed by atoms with E-state index in [1.807, 2.05) is 111 Å². The molecule has 0 saturated heterocycles. The summed E-state index contributed by atoms with van der Waals surface area (Å²) in [6.45, 7) is -0.501. The van der Waals surface area contributed by atoms with Crippen LogP contribution < -0.4 is 5.73 Å². The predicted octanol–water partition coefficient (Wildman–Crippen LogP) is 11.0. The minimum absolute atomic E-state index is 0.448. The van der Waals surface area contributed by atoms with Crippen LogP contribution in [0.2, 0.25) is 0 Å². The molecule has 0 atom stereocenters. The lowest BCUT2D eigenvalue weighted by molar-refractivity contribution is -0.361. The first-order valence-electron chi connectivity index (χ1n) is 16.1. The molecule has 5 aromatic heterocycles. The molecule has 2 aliphatic heterocycles. The summed E-state index contributed by atoms with van der Waals surface area (Å²) in [6, 6.07) is 23.2. The van der Waals surface area contributed by atoms with Crippen LogP contribution in [-0.4, -0.2) is 31.6 Å². The molecule has 6 aromatic rings. The molecule has 51 heavy (non-hydrogen) atoms. The van der Waals surface area contributed by atoms with Gasteiger partial charge in [-0.3, -0.25) is 9.97 Å². The Balaban J connectivity index is 1.52. The highest BCUT2D eigenvalue weighted by Crippen LogP contribution is 2.51. The van der Waals surface area contributed by atoms with Crippen molar-refractivity contribution in [1.82, 2.24) is 14.4 Å². The highest BCUT2D eigenvalue weighted by molar-refractivity contribution is 14.1. The van der Waals surface area contributed by atoms with Crippen LogP contribution in [0.3, 0.4) is 0 Å². The van der Waals surface area contributed by atoms with Crippen LogP contribution in [0, 0.1) is 12.7 Å². The molecule has 5 nitrogen and oxygen atoms in total. The number of anilines is 1. The third-order valence-electron chi connectivity index (χ3n) is 9.19. The summed E-state index contributed by atoms with van der Waals surface area (Å²) in [4.78, 5) is 10.2. The Bertz CT molecular complexity index is 2490. The van der Waals surface area contributed by atoms with Gasteiger partial charge in [-0.2, -0.15) is 0 Å². The molecular weight excluding hydrogens is 905 g/mol. The first kappa shape index (κ1) is 34.1. The summed E-state index contributed by atoms with van der Waals surface area (Å²) in [6.07, 6.45) is 14.3. The van der Waals surface area contributed by atoms with E-state index in [4.69, 9.17) is 5.73 Å². The molecule has 1 aromatic carbocycles. The number of halogens is 4. The Hall–Kier alpha value is -3.99. The number of hydrogen-bond acceptors (Lipinski definition) is 5. The second kappa shape index (κ2) is 13.5. The van der Waals surface area contributed by atoms with Crippen molar-refractivity contribution in [2.45, 2.75) is 13.8 Å². The second-order valence-corrected chi connectivity index (χ2v) is 18.2. The summed E-state index contributed by atoms with van der Waals surface area (Å²) >= 11 is 7.78. The molecule has 2 aliphatic rings. The number of allylic oxidation sites excluding steroid dienone is 3. The summed E-state index contributed by atoms with van der Waals surface area (Å²) in [5, 5.41) is 0. The number of aromatic nitrogens is 3.